The Kier molecular flexibility index (Phi) is 3.49. The van der Waals surface area contributed by atoms with Crippen LogP contribution >= 0.6 is 15.9 Å². The first-order valence-corrected chi connectivity index (χ1v) is 7.84. The highest BCUT2D eigenvalue weighted by atomic mass is 79.9. The van der Waals surface area contributed by atoms with Crippen molar-refractivity contribution in [3.05, 3.63) is 70.3 Å². The van der Waals surface area contributed by atoms with Gasteiger partial charge in [-0.05, 0) is 60.4 Å². The van der Waals surface area contributed by atoms with Crippen LogP contribution in [0.15, 0.2) is 42.5 Å². The van der Waals surface area contributed by atoms with Crippen LogP contribution in [-0.2, 0) is 12.8 Å². The van der Waals surface area contributed by atoms with Gasteiger partial charge >= 0.3 is 0 Å². The van der Waals surface area contributed by atoms with E-state index < -0.39 is 0 Å². The smallest absolute Gasteiger partial charge is 0.0429 e. The second-order valence-corrected chi connectivity index (χ2v) is 6.67. The van der Waals surface area contributed by atoms with Crippen LogP contribution in [0.25, 0.3) is 0 Å². The molecule has 0 amide bonds. The molecule has 0 saturated carbocycles. The average molecular weight is 315 g/mol. The fourth-order valence-corrected chi connectivity index (χ4v) is 3.67. The molecule has 0 spiro atoms. The van der Waals surface area contributed by atoms with Gasteiger partial charge in [0.15, 0.2) is 0 Å². The molecule has 0 aromatic heterocycles. The van der Waals surface area contributed by atoms with Gasteiger partial charge in [-0.15, -0.1) is 0 Å². The normalized spacial score (nSPS) is 16.4. The predicted molar refractivity (Wildman–Crippen MR) is 84.9 cm³/mol. The lowest BCUT2D eigenvalue weighted by Crippen LogP contribution is -2.08. The Hall–Kier alpha value is -1.08. The van der Waals surface area contributed by atoms with E-state index in [9.17, 15) is 0 Å². The van der Waals surface area contributed by atoms with E-state index in [1.54, 1.807) is 0 Å². The summed E-state index contributed by atoms with van der Waals surface area (Å²) in [4.78, 5) is 0.458. The van der Waals surface area contributed by atoms with E-state index in [0.717, 1.165) is 0 Å². The Balaban J connectivity index is 1.82. The zero-order valence-electron chi connectivity index (χ0n) is 11.5. The van der Waals surface area contributed by atoms with Gasteiger partial charge in [-0.1, -0.05) is 58.4 Å². The van der Waals surface area contributed by atoms with Crippen LogP contribution in [0.1, 0.15) is 32.6 Å². The van der Waals surface area contributed by atoms with Crippen molar-refractivity contribution in [1.29, 1.82) is 0 Å². The molecule has 1 aliphatic carbocycles. The molecule has 0 aliphatic heterocycles. The third-order valence-corrected chi connectivity index (χ3v) is 5.62. The Morgan fingerprint density at radius 1 is 0.947 bits per heavy atom. The number of alkyl halides is 1. The van der Waals surface area contributed by atoms with Crippen molar-refractivity contribution in [2.24, 2.45) is 5.92 Å². The second-order valence-electron chi connectivity index (χ2n) is 5.68. The molecular weight excluding hydrogens is 296 g/mol. The van der Waals surface area contributed by atoms with Crippen LogP contribution in [0.3, 0.4) is 0 Å². The molecule has 1 aliphatic rings. The van der Waals surface area contributed by atoms with E-state index in [-0.39, 0.29) is 0 Å². The van der Waals surface area contributed by atoms with Gasteiger partial charge in [0.1, 0.15) is 0 Å². The molecule has 0 fully saturated rings. The van der Waals surface area contributed by atoms with Crippen molar-refractivity contribution in [3.8, 4) is 0 Å². The fourth-order valence-electron chi connectivity index (χ4n) is 3.01. The van der Waals surface area contributed by atoms with Crippen molar-refractivity contribution in [3.63, 3.8) is 0 Å². The van der Waals surface area contributed by atoms with Crippen LogP contribution in [0.2, 0.25) is 0 Å². The molecule has 0 bridgehead atoms. The number of fused-ring (bicyclic) bond motifs is 1. The van der Waals surface area contributed by atoms with Crippen molar-refractivity contribution in [2.45, 2.75) is 31.5 Å². The monoisotopic (exact) mass is 314 g/mol. The number of hydrogen-bond donors (Lipinski definition) is 0. The first-order valence-electron chi connectivity index (χ1n) is 6.93. The molecule has 0 nitrogen and oxygen atoms in total. The minimum atomic E-state index is 0.458. The lowest BCUT2D eigenvalue weighted by Gasteiger charge is -2.18. The maximum atomic E-state index is 3.93. The molecule has 2 aromatic rings. The van der Waals surface area contributed by atoms with E-state index in [0.29, 0.717) is 10.7 Å². The number of aryl methyl sites for hydroxylation is 2. The largest absolute Gasteiger partial charge is 0.0835 e. The summed E-state index contributed by atoms with van der Waals surface area (Å²) in [5.41, 5.74) is 7.23. The summed E-state index contributed by atoms with van der Waals surface area (Å²) in [6.07, 6.45) is 2.39. The fraction of sp³-hybridized carbons (Fsp3) is 0.333. The van der Waals surface area contributed by atoms with E-state index in [1.165, 1.54) is 40.7 Å². The molecule has 98 valence electrons. The van der Waals surface area contributed by atoms with Crippen LogP contribution in [0.5, 0.6) is 0 Å². The molecule has 0 N–H and O–H groups in total. The van der Waals surface area contributed by atoms with Gasteiger partial charge in [0.05, 0.1) is 0 Å². The molecule has 3 rings (SSSR count). The molecule has 19 heavy (non-hydrogen) atoms. The first-order chi connectivity index (χ1) is 9.15. The molecule has 1 heteroatoms. The second kappa shape index (κ2) is 5.13. The minimum absolute atomic E-state index is 0.458. The maximum Gasteiger partial charge on any atom is 0.0429 e. The molecule has 1 atom stereocenters. The number of halogens is 1. The van der Waals surface area contributed by atoms with Gasteiger partial charge in [0, 0.05) is 4.83 Å². The molecule has 0 saturated heterocycles. The van der Waals surface area contributed by atoms with Crippen LogP contribution in [0, 0.1) is 19.8 Å². The van der Waals surface area contributed by atoms with Crippen molar-refractivity contribution in [2.75, 3.05) is 0 Å². The molecular formula is C18H19Br. The molecule has 0 heterocycles. The van der Waals surface area contributed by atoms with Crippen molar-refractivity contribution >= 4 is 15.9 Å². The van der Waals surface area contributed by atoms with E-state index >= 15 is 0 Å². The summed E-state index contributed by atoms with van der Waals surface area (Å²) < 4.78 is 0. The van der Waals surface area contributed by atoms with Crippen LogP contribution < -0.4 is 0 Å². The van der Waals surface area contributed by atoms with Crippen LogP contribution in [0.4, 0.5) is 0 Å². The number of benzene rings is 2. The molecule has 1 unspecified atom stereocenters. The topological polar surface area (TPSA) is 0 Å². The summed E-state index contributed by atoms with van der Waals surface area (Å²) in [6.45, 7) is 4.37. The standard InChI is InChI=1S/C18H19Br/c1-12-7-8-16(9-13(12)2)18(19)17-10-14-5-3-4-6-15(14)11-17/h3-9,17-18H,10-11H2,1-2H3. The Labute approximate surface area is 124 Å². The van der Waals surface area contributed by atoms with Gasteiger partial charge in [-0.2, -0.15) is 0 Å². The van der Waals surface area contributed by atoms with Crippen LogP contribution in [-0.4, -0.2) is 0 Å². The molecule has 0 radical (unpaired) electrons. The van der Waals surface area contributed by atoms with E-state index in [1.807, 2.05) is 0 Å². The summed E-state index contributed by atoms with van der Waals surface area (Å²) in [5, 5.41) is 0. The first kappa shape index (κ1) is 12.9. The third-order valence-electron chi connectivity index (χ3n) is 4.35. The van der Waals surface area contributed by atoms with Gasteiger partial charge in [0.25, 0.3) is 0 Å². The lowest BCUT2D eigenvalue weighted by atomic mass is 9.94. The van der Waals surface area contributed by atoms with Gasteiger partial charge in [0.2, 0.25) is 0 Å². The van der Waals surface area contributed by atoms with Gasteiger partial charge in [-0.25, -0.2) is 0 Å². The highest BCUT2D eigenvalue weighted by Crippen LogP contribution is 2.40. The quantitative estimate of drug-likeness (QED) is 0.672. The zero-order chi connectivity index (χ0) is 13.4. The number of rotatable bonds is 2. The number of hydrogen-bond acceptors (Lipinski definition) is 0. The average Bonchev–Trinajstić information content (AvgIpc) is 2.85. The summed E-state index contributed by atoms with van der Waals surface area (Å²) in [5.74, 6) is 0.680. The summed E-state index contributed by atoms with van der Waals surface area (Å²) in [6, 6.07) is 15.7. The van der Waals surface area contributed by atoms with Gasteiger partial charge < -0.3 is 0 Å². The maximum absolute atomic E-state index is 3.93. The SMILES string of the molecule is Cc1ccc(C(Br)C2Cc3ccccc3C2)cc1C. The predicted octanol–water partition coefficient (Wildman–Crippen LogP) is 5.15. The third kappa shape index (κ3) is 2.49. The van der Waals surface area contributed by atoms with Crippen molar-refractivity contribution in [1.82, 2.24) is 0 Å². The highest BCUT2D eigenvalue weighted by Gasteiger charge is 2.27. The van der Waals surface area contributed by atoms with Crippen molar-refractivity contribution < 1.29 is 0 Å². The lowest BCUT2D eigenvalue weighted by molar-refractivity contribution is 0.554. The van der Waals surface area contributed by atoms with Gasteiger partial charge in [-0.3, -0.25) is 0 Å². The summed E-state index contributed by atoms with van der Waals surface area (Å²) in [7, 11) is 0. The Morgan fingerprint density at radius 3 is 2.16 bits per heavy atom. The zero-order valence-corrected chi connectivity index (χ0v) is 13.1. The minimum Gasteiger partial charge on any atom is -0.0835 e. The highest BCUT2D eigenvalue weighted by molar-refractivity contribution is 9.09. The Bertz CT molecular complexity index is 575. The molecule has 2 aromatic carbocycles. The van der Waals surface area contributed by atoms with E-state index in [2.05, 4.69) is 72.2 Å². The Morgan fingerprint density at radius 2 is 1.58 bits per heavy atom. The van der Waals surface area contributed by atoms with E-state index in [4.69, 9.17) is 0 Å². The summed E-state index contributed by atoms with van der Waals surface area (Å²) >= 11 is 3.93.